The predicted molar refractivity (Wildman–Crippen MR) is 102 cm³/mol. The fourth-order valence-corrected chi connectivity index (χ4v) is 2.99. The Kier molecular flexibility index (Phi) is 6.75. The van der Waals surface area contributed by atoms with Crippen LogP contribution in [0.3, 0.4) is 0 Å². The number of aromatic nitrogens is 1. The van der Waals surface area contributed by atoms with Gasteiger partial charge in [-0.05, 0) is 62.9 Å². The Morgan fingerprint density at radius 1 is 1.33 bits per heavy atom. The van der Waals surface area contributed by atoms with Crippen LogP contribution < -0.4 is 9.46 Å². The highest BCUT2D eigenvalue weighted by atomic mass is 32.2. The summed E-state index contributed by atoms with van der Waals surface area (Å²) in [6.45, 7) is 5.83. The fourth-order valence-electron chi connectivity index (χ4n) is 2.19. The number of benzene rings is 1. The van der Waals surface area contributed by atoms with Crippen molar-refractivity contribution in [3.8, 4) is 5.75 Å². The predicted octanol–water partition coefficient (Wildman–Crippen LogP) is 3.46. The first-order valence-electron chi connectivity index (χ1n) is 8.18. The molecule has 0 bridgehead atoms. The molecule has 9 heteroatoms. The van der Waals surface area contributed by atoms with Crippen LogP contribution in [0.1, 0.15) is 26.3 Å². The zero-order chi connectivity index (χ0) is 20.0. The number of rotatable bonds is 8. The zero-order valence-corrected chi connectivity index (χ0v) is 16.0. The first kappa shape index (κ1) is 20.7. The van der Waals surface area contributed by atoms with Gasteiger partial charge in [-0.1, -0.05) is 12.1 Å². The Hall–Kier alpha value is -2.65. The summed E-state index contributed by atoms with van der Waals surface area (Å²) in [5.74, 6) is -0.360. The lowest BCUT2D eigenvalue weighted by Gasteiger charge is -2.21. The number of nitrogens with one attached hydrogen (secondary N) is 1. The minimum absolute atomic E-state index is 0.114. The van der Waals surface area contributed by atoms with E-state index in [1.807, 2.05) is 20.8 Å². The summed E-state index contributed by atoms with van der Waals surface area (Å²) < 4.78 is 8.49. The van der Waals surface area contributed by atoms with E-state index in [0.29, 0.717) is 5.75 Å². The van der Waals surface area contributed by atoms with Crippen molar-refractivity contribution in [2.24, 2.45) is 0 Å². The van der Waals surface area contributed by atoms with Gasteiger partial charge in [-0.3, -0.25) is 14.9 Å². The van der Waals surface area contributed by atoms with Gasteiger partial charge in [0.1, 0.15) is 17.4 Å². The van der Waals surface area contributed by atoms with Crippen LogP contribution in [0.25, 0.3) is 0 Å². The Morgan fingerprint density at radius 3 is 2.56 bits per heavy atom. The molecule has 1 atom stereocenters. The third-order valence-corrected chi connectivity index (χ3v) is 4.24. The highest BCUT2D eigenvalue weighted by molar-refractivity contribution is 7.97. The molecule has 2 aromatic rings. The fraction of sp³-hybridized carbons (Fsp3) is 0.333. The van der Waals surface area contributed by atoms with Gasteiger partial charge >= 0.3 is 11.7 Å². The molecule has 0 fully saturated rings. The van der Waals surface area contributed by atoms with Crippen molar-refractivity contribution in [2.75, 3.05) is 0 Å². The lowest BCUT2D eigenvalue weighted by Crippen LogP contribution is -2.34. The van der Waals surface area contributed by atoms with Crippen molar-refractivity contribution in [2.45, 2.75) is 43.9 Å². The molecule has 0 radical (unpaired) electrons. The van der Waals surface area contributed by atoms with E-state index in [2.05, 4.69) is 9.71 Å². The monoisotopic (exact) mass is 391 g/mol. The van der Waals surface area contributed by atoms with Crippen LogP contribution in [0, 0.1) is 10.1 Å². The highest BCUT2D eigenvalue weighted by Gasteiger charge is 2.22. The van der Waals surface area contributed by atoms with Crippen LogP contribution >= 0.6 is 11.9 Å². The lowest BCUT2D eigenvalue weighted by molar-refractivity contribution is -0.388. The topological polar surface area (TPSA) is 115 Å². The van der Waals surface area contributed by atoms with Crippen molar-refractivity contribution in [3.63, 3.8) is 0 Å². The summed E-state index contributed by atoms with van der Waals surface area (Å²) in [6.07, 6.45) is 1.62. The maximum atomic E-state index is 11.5. The highest BCUT2D eigenvalue weighted by Crippen LogP contribution is 2.25. The van der Waals surface area contributed by atoms with Gasteiger partial charge in [0.25, 0.3) is 0 Å². The molecule has 0 amide bonds. The largest absolute Gasteiger partial charge is 0.488 e. The molecule has 0 unspecified atom stereocenters. The molecule has 0 saturated heterocycles. The molecule has 1 aromatic heterocycles. The molecular weight excluding hydrogens is 370 g/mol. The van der Waals surface area contributed by atoms with Gasteiger partial charge in [-0.25, -0.2) is 9.71 Å². The van der Waals surface area contributed by atoms with Gasteiger partial charge in [0, 0.05) is 12.3 Å². The quantitative estimate of drug-likeness (QED) is 0.399. The summed E-state index contributed by atoms with van der Waals surface area (Å²) in [5, 5.41) is 20.6. The molecule has 1 heterocycles. The van der Waals surface area contributed by atoms with Gasteiger partial charge in [-0.2, -0.15) is 0 Å². The number of carboxylic acid groups (broad SMARTS) is 1. The third-order valence-electron chi connectivity index (χ3n) is 3.33. The minimum Gasteiger partial charge on any atom is -0.488 e. The minimum atomic E-state index is -1.06. The summed E-state index contributed by atoms with van der Waals surface area (Å²) in [6, 6.07) is 9.01. The van der Waals surface area contributed by atoms with Gasteiger partial charge in [0.05, 0.1) is 4.92 Å². The Morgan fingerprint density at radius 2 is 2.00 bits per heavy atom. The molecule has 0 aliphatic heterocycles. The van der Waals surface area contributed by atoms with E-state index in [4.69, 9.17) is 4.74 Å². The van der Waals surface area contributed by atoms with Gasteiger partial charge < -0.3 is 9.84 Å². The molecular formula is C18H21N3O5S. The van der Waals surface area contributed by atoms with E-state index in [-0.39, 0.29) is 22.7 Å². The average Bonchev–Trinajstić information content (AvgIpc) is 2.58. The Balaban J connectivity index is 2.04. The van der Waals surface area contributed by atoms with E-state index in [1.165, 1.54) is 18.3 Å². The van der Waals surface area contributed by atoms with E-state index in [9.17, 15) is 20.0 Å². The van der Waals surface area contributed by atoms with Gasteiger partial charge in [-0.15, -0.1) is 0 Å². The maximum absolute atomic E-state index is 11.5. The van der Waals surface area contributed by atoms with Gasteiger partial charge in [0.15, 0.2) is 5.03 Å². The number of pyridine rings is 1. The molecule has 27 heavy (non-hydrogen) atoms. The summed E-state index contributed by atoms with van der Waals surface area (Å²) in [7, 11) is 0. The van der Waals surface area contributed by atoms with E-state index in [1.54, 1.807) is 24.3 Å². The number of ether oxygens (including phenoxy) is 1. The molecule has 0 saturated carbocycles. The zero-order valence-electron chi connectivity index (χ0n) is 15.2. The Bertz CT molecular complexity index is 805. The number of nitro groups is 1. The van der Waals surface area contributed by atoms with Crippen LogP contribution in [0.2, 0.25) is 0 Å². The van der Waals surface area contributed by atoms with Crippen molar-refractivity contribution < 1.29 is 19.6 Å². The van der Waals surface area contributed by atoms with Gasteiger partial charge in [0.2, 0.25) is 0 Å². The molecule has 2 rings (SSSR count). The number of carbonyl (C=O) groups is 1. The molecule has 0 spiro atoms. The van der Waals surface area contributed by atoms with Crippen molar-refractivity contribution in [3.05, 3.63) is 58.3 Å². The summed E-state index contributed by atoms with van der Waals surface area (Å²) in [5.41, 5.74) is 0.302. The third kappa shape index (κ3) is 6.54. The molecule has 1 aromatic carbocycles. The second kappa shape index (κ2) is 8.83. The van der Waals surface area contributed by atoms with Crippen molar-refractivity contribution >= 4 is 23.6 Å². The van der Waals surface area contributed by atoms with Crippen LogP contribution in [0.15, 0.2) is 47.6 Å². The van der Waals surface area contributed by atoms with Crippen LogP contribution in [0.4, 0.5) is 5.69 Å². The van der Waals surface area contributed by atoms with Crippen molar-refractivity contribution in [1.29, 1.82) is 0 Å². The van der Waals surface area contributed by atoms with Crippen molar-refractivity contribution in [1.82, 2.24) is 9.71 Å². The maximum Gasteiger partial charge on any atom is 0.321 e. The molecule has 0 aliphatic rings. The van der Waals surface area contributed by atoms with E-state index < -0.39 is 16.9 Å². The molecule has 2 N–H and O–H groups in total. The number of hydrogen-bond acceptors (Lipinski definition) is 7. The second-order valence-corrected chi connectivity index (χ2v) is 7.58. The second-order valence-electron chi connectivity index (χ2n) is 6.76. The first-order chi connectivity index (χ1) is 12.7. The normalized spacial score (nSPS) is 12.4. The van der Waals surface area contributed by atoms with Crippen LogP contribution in [-0.4, -0.2) is 32.6 Å². The van der Waals surface area contributed by atoms with E-state index >= 15 is 0 Å². The molecule has 0 aliphatic carbocycles. The number of nitrogens with zero attached hydrogens (tertiary/aromatic N) is 2. The average molecular weight is 391 g/mol. The van der Waals surface area contributed by atoms with Crippen LogP contribution in [-0.2, 0) is 11.2 Å². The van der Waals surface area contributed by atoms with Crippen LogP contribution in [0.5, 0.6) is 5.75 Å². The number of carboxylic acids is 1. The molecule has 8 nitrogen and oxygen atoms in total. The summed E-state index contributed by atoms with van der Waals surface area (Å²) >= 11 is 0.834. The SMILES string of the molecule is CC(C)(C)Oc1ccc(C[C@H](NSc2ncccc2[N+](=O)[O-])C(=O)O)cc1. The van der Waals surface area contributed by atoms with E-state index in [0.717, 1.165) is 17.5 Å². The smallest absolute Gasteiger partial charge is 0.321 e. The summed E-state index contributed by atoms with van der Waals surface area (Å²) in [4.78, 5) is 25.9. The first-order valence-corrected chi connectivity index (χ1v) is 9.00. The Labute approximate surface area is 161 Å². The number of aliphatic carboxylic acids is 1. The standard InChI is InChI=1S/C18H21N3O5S/c1-18(2,3)26-13-8-6-12(7-9-13)11-14(17(22)23)20-27-16-15(21(24)25)5-4-10-19-16/h4-10,14,20H,11H2,1-3H3,(H,22,23)/t14-/m0/s1. The lowest BCUT2D eigenvalue weighted by atomic mass is 10.1. The number of hydrogen-bond donors (Lipinski definition) is 2. The molecule has 144 valence electrons.